The summed E-state index contributed by atoms with van der Waals surface area (Å²) in [5, 5.41) is 0.389. The van der Waals surface area contributed by atoms with Gasteiger partial charge in [0.2, 0.25) is 5.95 Å². The van der Waals surface area contributed by atoms with E-state index in [1.807, 2.05) is 0 Å². The van der Waals surface area contributed by atoms with Crippen LogP contribution >= 0.6 is 0 Å². The Hall–Kier alpha value is -4.11. The summed E-state index contributed by atoms with van der Waals surface area (Å²) in [5.41, 5.74) is 6.37. The van der Waals surface area contributed by atoms with E-state index in [1.54, 1.807) is 30.3 Å². The second-order valence-corrected chi connectivity index (χ2v) is 8.10. The Morgan fingerprint density at radius 3 is 2.67 bits per heavy atom. The van der Waals surface area contributed by atoms with Crippen LogP contribution in [0.2, 0.25) is 0 Å². The van der Waals surface area contributed by atoms with Gasteiger partial charge in [-0.3, -0.25) is 9.78 Å². The van der Waals surface area contributed by atoms with Gasteiger partial charge in [0.25, 0.3) is 0 Å². The number of fused-ring (bicyclic) bond motifs is 1. The zero-order valence-electron chi connectivity index (χ0n) is 23.8. The van der Waals surface area contributed by atoms with Gasteiger partial charge in [-0.25, -0.2) is 15.0 Å². The number of hydrogen-bond acceptors (Lipinski definition) is 9. The Morgan fingerprint density at radius 1 is 1.08 bits per heavy atom. The minimum absolute atomic E-state index is 0.00344. The molecule has 4 aromatic rings. The Bertz CT molecular complexity index is 1550. The molecule has 184 valence electrons. The van der Waals surface area contributed by atoms with Crippen molar-refractivity contribution in [2.75, 3.05) is 44.0 Å². The highest BCUT2D eigenvalue weighted by Gasteiger charge is 2.17. The quantitative estimate of drug-likeness (QED) is 0.373. The van der Waals surface area contributed by atoms with Crippen LogP contribution in [0.5, 0.6) is 5.75 Å². The molecule has 0 bridgehead atoms. The fraction of sp³-hybridized carbons (Fsp3) is 0.296. The molecule has 1 aliphatic rings. The lowest BCUT2D eigenvalue weighted by molar-refractivity contribution is 0.0979. The van der Waals surface area contributed by atoms with Gasteiger partial charge < -0.3 is 20.1 Å². The fourth-order valence-corrected chi connectivity index (χ4v) is 3.97. The number of nitrogens with zero attached hydrogens (tertiary/aromatic N) is 5. The molecule has 9 heteroatoms. The number of morpholine rings is 1. The minimum atomic E-state index is -2.23. The number of benzene rings is 1. The summed E-state index contributed by atoms with van der Waals surface area (Å²) < 4.78 is 45.5. The van der Waals surface area contributed by atoms with E-state index in [0.717, 1.165) is 5.82 Å². The van der Waals surface area contributed by atoms with Crippen LogP contribution in [0.3, 0.4) is 0 Å². The van der Waals surface area contributed by atoms with Gasteiger partial charge in [0.1, 0.15) is 22.8 Å². The zero-order chi connectivity index (χ0) is 28.5. The van der Waals surface area contributed by atoms with E-state index in [1.165, 1.54) is 31.5 Å². The molecule has 0 atom stereocenters. The number of hydrogen-bond donors (Lipinski definition) is 1. The number of methoxy groups -OCH3 is 1. The number of nitrogens with two attached hydrogens (primary N) is 1. The van der Waals surface area contributed by atoms with E-state index in [2.05, 4.69) is 24.8 Å². The van der Waals surface area contributed by atoms with Crippen LogP contribution in [-0.2, 0) is 17.5 Å². The molecule has 1 aromatic carbocycles. The predicted molar refractivity (Wildman–Crippen MR) is 137 cm³/mol. The molecule has 5 rings (SSSR count). The van der Waals surface area contributed by atoms with Gasteiger partial charge in [-0.2, -0.15) is 0 Å². The van der Waals surface area contributed by atoms with Gasteiger partial charge in [0, 0.05) is 54.3 Å². The van der Waals surface area contributed by atoms with Crippen molar-refractivity contribution in [3.63, 3.8) is 0 Å². The number of Topliss-reactive ketones (excluding diaryl/α,β-unsaturated/α-hetero) is 1. The largest absolute Gasteiger partial charge is 0.494 e. The lowest BCUT2D eigenvalue weighted by Crippen LogP contribution is -2.36. The predicted octanol–water partition coefficient (Wildman–Crippen LogP) is 3.25. The van der Waals surface area contributed by atoms with Crippen molar-refractivity contribution in [1.29, 1.82) is 0 Å². The van der Waals surface area contributed by atoms with E-state index >= 15 is 0 Å². The maximum Gasteiger partial charge on any atom is 0.221 e. The van der Waals surface area contributed by atoms with Crippen LogP contribution in [0.25, 0.3) is 10.9 Å². The maximum absolute atomic E-state index is 13.3. The summed E-state index contributed by atoms with van der Waals surface area (Å²) in [6, 6.07) is 12.9. The van der Waals surface area contributed by atoms with Gasteiger partial charge in [-0.15, -0.1) is 0 Å². The SMILES string of the molecule is [2H]C([2H])(CC(=O)c1nc(N)nc2c(OC)cccc12)c1cccc(C([2H])([2H])c2ccc(N3CCOCC3)nc2)n1. The Balaban J connectivity index is 1.40. The molecular formula is C27H28N6O3. The summed E-state index contributed by atoms with van der Waals surface area (Å²) in [7, 11) is 1.47. The molecular weight excluding hydrogens is 456 g/mol. The van der Waals surface area contributed by atoms with E-state index in [4.69, 9.17) is 20.7 Å². The standard InChI is InChI=1S/C27H28N6O3/c1-35-23-7-3-6-21-25(31-27(28)32-26(21)23)22(34)10-9-19-4-2-5-20(30-19)16-18-8-11-24(29-17-18)33-12-14-36-15-13-33/h2-8,11,17H,9-10,12-16H2,1H3,(H2,28,31,32)/i9D2,16D2. The number of nitrogen functional groups attached to an aromatic ring is 1. The third-order valence-electron chi connectivity index (χ3n) is 5.73. The topological polar surface area (TPSA) is 116 Å². The Morgan fingerprint density at radius 2 is 1.89 bits per heavy atom. The van der Waals surface area contributed by atoms with E-state index < -0.39 is 24.9 Å². The number of carbonyl (C=O) groups excluding carboxylic acids is 1. The first kappa shape index (κ1) is 19.1. The molecule has 3 aromatic heterocycles. The highest BCUT2D eigenvalue weighted by Crippen LogP contribution is 2.27. The number of aromatic nitrogens is 4. The van der Waals surface area contributed by atoms with Gasteiger partial charge >= 0.3 is 0 Å². The van der Waals surface area contributed by atoms with Crippen LogP contribution in [0.1, 0.15) is 39.3 Å². The molecule has 1 aliphatic heterocycles. The van der Waals surface area contributed by atoms with Gasteiger partial charge in [-0.1, -0.05) is 24.3 Å². The summed E-state index contributed by atoms with van der Waals surface area (Å²) in [6.07, 6.45) is -3.41. The summed E-state index contributed by atoms with van der Waals surface area (Å²) in [6.45, 7) is 2.64. The lowest BCUT2D eigenvalue weighted by Gasteiger charge is -2.27. The van der Waals surface area contributed by atoms with Gasteiger partial charge in [0.15, 0.2) is 5.78 Å². The molecule has 0 spiro atoms. The Labute approximate surface area is 214 Å². The second kappa shape index (κ2) is 10.7. The number of pyridine rings is 2. The van der Waals surface area contributed by atoms with Crippen molar-refractivity contribution < 1.29 is 19.8 Å². The first-order valence-corrected chi connectivity index (χ1v) is 11.5. The van der Waals surface area contributed by atoms with Crippen LogP contribution in [0.4, 0.5) is 11.8 Å². The molecule has 2 N–H and O–H groups in total. The average Bonchev–Trinajstić information content (AvgIpc) is 2.96. The highest BCUT2D eigenvalue weighted by atomic mass is 16.5. The molecule has 0 radical (unpaired) electrons. The number of rotatable bonds is 8. The fourth-order valence-electron chi connectivity index (χ4n) is 3.97. The second-order valence-electron chi connectivity index (χ2n) is 8.10. The van der Waals surface area contributed by atoms with E-state index in [-0.39, 0.29) is 28.6 Å². The third-order valence-corrected chi connectivity index (χ3v) is 5.73. The van der Waals surface area contributed by atoms with Crippen molar-refractivity contribution in [3.8, 4) is 5.75 Å². The summed E-state index contributed by atoms with van der Waals surface area (Å²) >= 11 is 0. The number of ketones is 1. The number of para-hydroxylation sites is 1. The normalized spacial score (nSPS) is 16.1. The summed E-state index contributed by atoms with van der Waals surface area (Å²) in [5.74, 6) is 0.403. The molecule has 9 nitrogen and oxygen atoms in total. The first-order chi connectivity index (χ1) is 19.1. The molecule has 0 saturated carbocycles. The summed E-state index contributed by atoms with van der Waals surface area (Å²) in [4.78, 5) is 32.4. The van der Waals surface area contributed by atoms with Gasteiger partial charge in [-0.05, 0) is 36.2 Å². The molecule has 36 heavy (non-hydrogen) atoms. The minimum Gasteiger partial charge on any atom is -0.494 e. The lowest BCUT2D eigenvalue weighted by atomic mass is 10.0. The highest BCUT2D eigenvalue weighted by molar-refractivity contribution is 6.07. The van der Waals surface area contributed by atoms with Crippen LogP contribution < -0.4 is 15.4 Å². The number of ether oxygens (including phenoxy) is 2. The maximum atomic E-state index is 13.3. The molecule has 0 amide bonds. The van der Waals surface area contributed by atoms with Crippen molar-refractivity contribution in [2.24, 2.45) is 0 Å². The number of aryl methyl sites for hydroxylation is 1. The van der Waals surface area contributed by atoms with Crippen LogP contribution in [-0.4, -0.2) is 59.1 Å². The van der Waals surface area contributed by atoms with Crippen LogP contribution in [0.15, 0.2) is 54.7 Å². The molecule has 4 heterocycles. The monoisotopic (exact) mass is 488 g/mol. The third kappa shape index (κ3) is 5.26. The van der Waals surface area contributed by atoms with E-state index in [9.17, 15) is 4.79 Å². The number of anilines is 2. The van der Waals surface area contributed by atoms with E-state index in [0.29, 0.717) is 43.0 Å². The molecule has 1 saturated heterocycles. The van der Waals surface area contributed by atoms with Crippen LogP contribution in [0, 0.1) is 0 Å². The molecule has 1 fully saturated rings. The molecule has 0 aliphatic carbocycles. The number of carbonyl (C=O) groups is 1. The molecule has 0 unspecified atom stereocenters. The smallest absolute Gasteiger partial charge is 0.221 e. The first-order valence-electron chi connectivity index (χ1n) is 13.5. The van der Waals surface area contributed by atoms with Crippen molar-refractivity contribution in [2.45, 2.75) is 19.2 Å². The zero-order valence-corrected chi connectivity index (χ0v) is 19.8. The van der Waals surface area contributed by atoms with Crippen molar-refractivity contribution >= 4 is 28.5 Å². The average molecular weight is 489 g/mol. The van der Waals surface area contributed by atoms with Gasteiger partial charge in [0.05, 0.1) is 20.3 Å². The Kier molecular flexibility index (Phi) is 5.66. The van der Waals surface area contributed by atoms with Crippen molar-refractivity contribution in [1.82, 2.24) is 19.9 Å². The van der Waals surface area contributed by atoms with Crippen molar-refractivity contribution in [3.05, 3.63) is 77.4 Å².